The first kappa shape index (κ1) is 8.47. The largest absolute Gasteiger partial charge is 0.130 e. The second-order valence-electron chi connectivity index (χ2n) is 2.26. The first-order valence-corrected chi connectivity index (χ1v) is 4.55. The second kappa shape index (κ2) is 3.68. The van der Waals surface area contributed by atoms with Crippen molar-refractivity contribution in [3.05, 3.63) is 36.4 Å². The zero-order chi connectivity index (χ0) is 8.27. The Bertz CT molecular complexity index is 268. The van der Waals surface area contributed by atoms with Crippen LogP contribution in [0.5, 0.6) is 0 Å². The zero-order valence-corrected chi connectivity index (χ0v) is 7.32. The van der Waals surface area contributed by atoms with E-state index >= 15 is 0 Å². The Kier molecular flexibility index (Phi) is 2.83. The van der Waals surface area contributed by atoms with Crippen LogP contribution < -0.4 is 0 Å². The summed E-state index contributed by atoms with van der Waals surface area (Å²) in [7, 11) is 5.53. The SMILES string of the molecule is [B]C(=C)c1cccc(SC)c1. The monoisotopic (exact) mass is 160 g/mol. The van der Waals surface area contributed by atoms with Gasteiger partial charge in [-0.25, -0.2) is 0 Å². The summed E-state index contributed by atoms with van der Waals surface area (Å²) in [5, 5.41) is 0. The van der Waals surface area contributed by atoms with E-state index in [1.807, 2.05) is 24.5 Å². The van der Waals surface area contributed by atoms with E-state index in [0.717, 1.165) is 5.56 Å². The van der Waals surface area contributed by atoms with E-state index in [-0.39, 0.29) is 0 Å². The molecule has 1 rings (SSSR count). The molecule has 1 aromatic carbocycles. The van der Waals surface area contributed by atoms with Crippen molar-refractivity contribution in [3.8, 4) is 0 Å². The van der Waals surface area contributed by atoms with Crippen molar-refractivity contribution in [1.82, 2.24) is 0 Å². The smallest absolute Gasteiger partial charge is 0.113 e. The molecule has 0 atom stereocenters. The molecule has 1 aromatic rings. The summed E-state index contributed by atoms with van der Waals surface area (Å²) in [5.74, 6) is 0. The third-order valence-corrected chi connectivity index (χ3v) is 2.17. The van der Waals surface area contributed by atoms with Crippen molar-refractivity contribution in [2.75, 3.05) is 6.26 Å². The van der Waals surface area contributed by atoms with E-state index < -0.39 is 0 Å². The normalized spacial score (nSPS) is 9.55. The molecule has 0 aliphatic heterocycles. The van der Waals surface area contributed by atoms with E-state index in [1.165, 1.54) is 4.90 Å². The molecule has 0 bridgehead atoms. The molecule has 2 heteroatoms. The topological polar surface area (TPSA) is 0 Å². The minimum atomic E-state index is 0.626. The Balaban J connectivity index is 3.01. The number of rotatable bonds is 2. The Hall–Kier alpha value is -0.625. The highest BCUT2D eigenvalue weighted by Gasteiger charge is 1.93. The molecule has 0 fully saturated rings. The maximum Gasteiger partial charge on any atom is 0.113 e. The Labute approximate surface area is 73.1 Å². The maximum atomic E-state index is 5.53. The van der Waals surface area contributed by atoms with Gasteiger partial charge < -0.3 is 0 Å². The first-order valence-electron chi connectivity index (χ1n) is 3.33. The molecule has 0 spiro atoms. The molecule has 0 N–H and O–H groups in total. The number of thioether (sulfide) groups is 1. The highest BCUT2D eigenvalue weighted by Crippen LogP contribution is 2.18. The maximum absolute atomic E-state index is 5.53. The van der Waals surface area contributed by atoms with Gasteiger partial charge >= 0.3 is 0 Å². The van der Waals surface area contributed by atoms with Gasteiger partial charge in [0.1, 0.15) is 7.85 Å². The lowest BCUT2D eigenvalue weighted by Crippen LogP contribution is -1.80. The van der Waals surface area contributed by atoms with Crippen molar-refractivity contribution in [3.63, 3.8) is 0 Å². The van der Waals surface area contributed by atoms with E-state index in [2.05, 4.69) is 12.6 Å². The van der Waals surface area contributed by atoms with Crippen LogP contribution in [0, 0.1) is 0 Å². The van der Waals surface area contributed by atoms with Crippen molar-refractivity contribution < 1.29 is 0 Å². The average Bonchev–Trinajstić information content (AvgIpc) is 2.05. The minimum Gasteiger partial charge on any atom is -0.130 e. The van der Waals surface area contributed by atoms with E-state index in [0.29, 0.717) is 5.47 Å². The molecule has 0 heterocycles. The van der Waals surface area contributed by atoms with Gasteiger partial charge in [0.15, 0.2) is 0 Å². The van der Waals surface area contributed by atoms with Crippen LogP contribution in [0.2, 0.25) is 0 Å². The van der Waals surface area contributed by atoms with E-state index in [9.17, 15) is 0 Å². The standard InChI is InChI=1S/C9H9BS/c1-7(10)8-4-3-5-9(6-8)11-2/h3-6H,1H2,2H3. The molecule has 0 saturated heterocycles. The lowest BCUT2D eigenvalue weighted by molar-refractivity contribution is 1.45. The number of benzene rings is 1. The van der Waals surface area contributed by atoms with Gasteiger partial charge in [-0.05, 0) is 24.0 Å². The van der Waals surface area contributed by atoms with Gasteiger partial charge in [-0.2, -0.15) is 0 Å². The molecule has 11 heavy (non-hydrogen) atoms. The predicted molar refractivity (Wildman–Crippen MR) is 53.0 cm³/mol. The summed E-state index contributed by atoms with van der Waals surface area (Å²) >= 11 is 1.70. The zero-order valence-electron chi connectivity index (χ0n) is 6.50. The second-order valence-corrected chi connectivity index (χ2v) is 3.14. The quantitative estimate of drug-likeness (QED) is 0.473. The van der Waals surface area contributed by atoms with E-state index in [4.69, 9.17) is 7.85 Å². The third-order valence-electron chi connectivity index (χ3n) is 1.44. The molecular weight excluding hydrogens is 151 g/mol. The lowest BCUT2D eigenvalue weighted by Gasteiger charge is -2.01. The van der Waals surface area contributed by atoms with Crippen molar-refractivity contribution in [1.29, 1.82) is 0 Å². The highest BCUT2D eigenvalue weighted by molar-refractivity contribution is 7.98. The van der Waals surface area contributed by atoms with Gasteiger partial charge in [0.05, 0.1) is 0 Å². The third kappa shape index (κ3) is 2.16. The molecule has 0 aliphatic rings. The van der Waals surface area contributed by atoms with Crippen LogP contribution >= 0.6 is 11.8 Å². The Morgan fingerprint density at radius 3 is 2.82 bits per heavy atom. The molecule has 0 amide bonds. The molecular formula is C9H9BS. The predicted octanol–water partition coefficient (Wildman–Crippen LogP) is 2.55. The number of hydrogen-bond acceptors (Lipinski definition) is 1. The van der Waals surface area contributed by atoms with Gasteiger partial charge in [-0.3, -0.25) is 0 Å². The van der Waals surface area contributed by atoms with Crippen molar-refractivity contribution in [2.24, 2.45) is 0 Å². The van der Waals surface area contributed by atoms with Crippen LogP contribution in [0.3, 0.4) is 0 Å². The van der Waals surface area contributed by atoms with Gasteiger partial charge in [-0.15, -0.1) is 18.3 Å². The fourth-order valence-corrected chi connectivity index (χ4v) is 1.28. The van der Waals surface area contributed by atoms with Crippen LogP contribution in [-0.4, -0.2) is 14.1 Å². The van der Waals surface area contributed by atoms with Gasteiger partial charge in [0, 0.05) is 4.90 Å². The Morgan fingerprint density at radius 1 is 1.55 bits per heavy atom. The molecule has 54 valence electrons. The highest BCUT2D eigenvalue weighted by atomic mass is 32.2. The van der Waals surface area contributed by atoms with Gasteiger partial charge in [-0.1, -0.05) is 17.6 Å². The van der Waals surface area contributed by atoms with Crippen molar-refractivity contribution >= 4 is 25.1 Å². The molecule has 0 nitrogen and oxygen atoms in total. The summed E-state index contributed by atoms with van der Waals surface area (Å²) in [6, 6.07) is 8.03. The Morgan fingerprint density at radius 2 is 2.27 bits per heavy atom. The fourth-order valence-electron chi connectivity index (χ4n) is 0.823. The summed E-state index contributed by atoms with van der Waals surface area (Å²) < 4.78 is 0. The van der Waals surface area contributed by atoms with Gasteiger partial charge in [0.2, 0.25) is 0 Å². The summed E-state index contributed by atoms with van der Waals surface area (Å²) in [4.78, 5) is 1.22. The summed E-state index contributed by atoms with van der Waals surface area (Å²) in [5.41, 5.74) is 1.64. The van der Waals surface area contributed by atoms with Crippen LogP contribution in [0.15, 0.2) is 35.7 Å². The van der Waals surface area contributed by atoms with Crippen LogP contribution in [0.4, 0.5) is 0 Å². The average molecular weight is 160 g/mol. The van der Waals surface area contributed by atoms with Gasteiger partial charge in [0.25, 0.3) is 0 Å². The molecule has 2 radical (unpaired) electrons. The lowest BCUT2D eigenvalue weighted by atomic mass is 9.90. The fraction of sp³-hybridized carbons (Fsp3) is 0.111. The molecule has 0 aliphatic carbocycles. The minimum absolute atomic E-state index is 0.626. The van der Waals surface area contributed by atoms with Crippen LogP contribution in [0.25, 0.3) is 5.47 Å². The molecule has 0 aromatic heterocycles. The van der Waals surface area contributed by atoms with Crippen LogP contribution in [-0.2, 0) is 0 Å². The first-order chi connectivity index (χ1) is 5.24. The van der Waals surface area contributed by atoms with E-state index in [1.54, 1.807) is 11.8 Å². The number of hydrogen-bond donors (Lipinski definition) is 0. The van der Waals surface area contributed by atoms with Crippen molar-refractivity contribution in [2.45, 2.75) is 4.90 Å². The van der Waals surface area contributed by atoms with Crippen LogP contribution in [0.1, 0.15) is 5.56 Å². The summed E-state index contributed by atoms with van der Waals surface area (Å²) in [6.07, 6.45) is 2.04. The molecule has 0 unspecified atom stereocenters. The molecule has 0 saturated carbocycles. The summed E-state index contributed by atoms with van der Waals surface area (Å²) in [6.45, 7) is 3.67.